The van der Waals surface area contributed by atoms with E-state index in [0.717, 1.165) is 38.4 Å². The first-order valence-electron chi connectivity index (χ1n) is 8.86. The van der Waals surface area contributed by atoms with Crippen molar-refractivity contribution >= 4 is 34.0 Å². The fraction of sp³-hybridized carbons (Fsp3) is 0.190. The lowest BCUT2D eigenvalue weighted by Gasteiger charge is -2.12. The first-order valence-corrected chi connectivity index (χ1v) is 9.74. The van der Waals surface area contributed by atoms with E-state index in [1.807, 2.05) is 67.2 Å². The van der Waals surface area contributed by atoms with Gasteiger partial charge in [0.1, 0.15) is 0 Å². The van der Waals surface area contributed by atoms with E-state index in [-0.39, 0.29) is 5.91 Å². The first kappa shape index (κ1) is 17.4. The third-order valence-electron chi connectivity index (χ3n) is 4.78. The highest BCUT2D eigenvalue weighted by Gasteiger charge is 2.18. The van der Waals surface area contributed by atoms with Gasteiger partial charge in [-0.15, -0.1) is 11.3 Å². The van der Waals surface area contributed by atoms with Gasteiger partial charge in [0, 0.05) is 12.2 Å². The monoisotopic (exact) mass is 376 g/mol. The van der Waals surface area contributed by atoms with Crippen molar-refractivity contribution in [3.63, 3.8) is 0 Å². The van der Waals surface area contributed by atoms with Crippen molar-refractivity contribution in [2.45, 2.75) is 27.3 Å². The van der Waals surface area contributed by atoms with Crippen LogP contribution < -0.4 is 5.32 Å². The topological polar surface area (TPSA) is 59.8 Å². The van der Waals surface area contributed by atoms with Crippen LogP contribution in [0.25, 0.3) is 21.6 Å². The molecule has 1 N–H and O–H groups in total. The maximum atomic E-state index is 13.1. The zero-order valence-corrected chi connectivity index (χ0v) is 16.3. The van der Waals surface area contributed by atoms with Gasteiger partial charge in [-0.2, -0.15) is 5.10 Å². The fourth-order valence-corrected chi connectivity index (χ4v) is 3.78. The Morgan fingerprint density at radius 2 is 2.07 bits per heavy atom. The van der Waals surface area contributed by atoms with E-state index in [0.29, 0.717) is 12.1 Å². The Kier molecular flexibility index (Phi) is 4.49. The SMILES string of the molecule is CCn1ncc2c(C(=O)Nc3cccc(C)c3C)cc(-c3cccs3)nc21. The van der Waals surface area contributed by atoms with Crippen LogP contribution in [0.2, 0.25) is 0 Å². The molecule has 136 valence electrons. The molecular formula is C21H20N4OS. The van der Waals surface area contributed by atoms with Crippen molar-refractivity contribution in [3.05, 3.63) is 64.7 Å². The number of hydrogen-bond acceptors (Lipinski definition) is 4. The Labute approximate surface area is 161 Å². The third kappa shape index (κ3) is 3.13. The van der Waals surface area contributed by atoms with Crippen molar-refractivity contribution in [3.8, 4) is 10.6 Å². The summed E-state index contributed by atoms with van der Waals surface area (Å²) in [6.45, 7) is 6.76. The maximum Gasteiger partial charge on any atom is 0.256 e. The summed E-state index contributed by atoms with van der Waals surface area (Å²) in [6, 6.07) is 11.8. The number of aryl methyl sites for hydroxylation is 2. The standard InChI is InChI=1S/C21H20N4OS/c1-4-25-20-16(12-22-25)15(11-18(23-20)19-9-6-10-27-19)21(26)24-17-8-5-7-13(2)14(17)3/h5-12H,4H2,1-3H3,(H,24,26). The number of nitrogens with one attached hydrogen (secondary N) is 1. The largest absolute Gasteiger partial charge is 0.322 e. The molecule has 3 aromatic heterocycles. The van der Waals surface area contributed by atoms with Crippen LogP contribution in [0.1, 0.15) is 28.4 Å². The van der Waals surface area contributed by atoms with Crippen LogP contribution in [0.4, 0.5) is 5.69 Å². The molecule has 0 radical (unpaired) electrons. The zero-order valence-electron chi connectivity index (χ0n) is 15.5. The molecular weight excluding hydrogens is 356 g/mol. The van der Waals surface area contributed by atoms with Gasteiger partial charge in [0.15, 0.2) is 5.65 Å². The number of thiophene rings is 1. The van der Waals surface area contributed by atoms with E-state index in [1.165, 1.54) is 0 Å². The number of benzene rings is 1. The van der Waals surface area contributed by atoms with Gasteiger partial charge < -0.3 is 5.32 Å². The summed E-state index contributed by atoms with van der Waals surface area (Å²) in [5, 5.41) is 10.2. The zero-order chi connectivity index (χ0) is 19.0. The van der Waals surface area contributed by atoms with Gasteiger partial charge in [-0.3, -0.25) is 4.79 Å². The highest BCUT2D eigenvalue weighted by Crippen LogP contribution is 2.29. The fourth-order valence-electron chi connectivity index (χ4n) is 3.09. The highest BCUT2D eigenvalue weighted by atomic mass is 32.1. The van der Waals surface area contributed by atoms with Crippen LogP contribution >= 0.6 is 11.3 Å². The van der Waals surface area contributed by atoms with Crippen molar-refractivity contribution in [2.75, 3.05) is 5.32 Å². The van der Waals surface area contributed by atoms with E-state index in [9.17, 15) is 4.79 Å². The molecule has 0 saturated heterocycles. The van der Waals surface area contributed by atoms with Gasteiger partial charge in [0.2, 0.25) is 0 Å². The molecule has 0 aliphatic rings. The van der Waals surface area contributed by atoms with Gasteiger partial charge in [-0.1, -0.05) is 18.2 Å². The van der Waals surface area contributed by atoms with Crippen LogP contribution in [-0.4, -0.2) is 20.7 Å². The molecule has 0 aliphatic carbocycles. The summed E-state index contributed by atoms with van der Waals surface area (Å²) < 4.78 is 1.82. The average Bonchev–Trinajstić information content (AvgIpc) is 3.34. The molecule has 1 amide bonds. The van der Waals surface area contributed by atoms with Crippen molar-refractivity contribution < 1.29 is 4.79 Å². The predicted molar refractivity (Wildman–Crippen MR) is 110 cm³/mol. The number of nitrogens with zero attached hydrogens (tertiary/aromatic N) is 3. The molecule has 3 heterocycles. The molecule has 0 saturated carbocycles. The summed E-state index contributed by atoms with van der Waals surface area (Å²) >= 11 is 1.61. The minimum absolute atomic E-state index is 0.149. The molecule has 0 aliphatic heterocycles. The second-order valence-electron chi connectivity index (χ2n) is 6.43. The summed E-state index contributed by atoms with van der Waals surface area (Å²) in [6.07, 6.45) is 1.72. The van der Waals surface area contributed by atoms with Crippen LogP contribution in [0.15, 0.2) is 48.0 Å². The van der Waals surface area contributed by atoms with Crippen LogP contribution in [-0.2, 0) is 6.54 Å². The summed E-state index contributed by atoms with van der Waals surface area (Å²) in [5.74, 6) is -0.149. The molecule has 4 aromatic rings. The Morgan fingerprint density at radius 3 is 2.81 bits per heavy atom. The number of pyridine rings is 1. The van der Waals surface area contributed by atoms with Crippen molar-refractivity contribution in [1.29, 1.82) is 0 Å². The number of fused-ring (bicyclic) bond motifs is 1. The van der Waals surface area contributed by atoms with Gasteiger partial charge in [0.05, 0.1) is 27.7 Å². The lowest BCUT2D eigenvalue weighted by Crippen LogP contribution is -2.14. The normalized spacial score (nSPS) is 11.1. The quantitative estimate of drug-likeness (QED) is 0.542. The Morgan fingerprint density at radius 1 is 1.22 bits per heavy atom. The molecule has 0 unspecified atom stereocenters. The first-order chi connectivity index (χ1) is 13.1. The van der Waals surface area contributed by atoms with E-state index in [2.05, 4.69) is 10.4 Å². The van der Waals surface area contributed by atoms with Crippen molar-refractivity contribution in [1.82, 2.24) is 14.8 Å². The van der Waals surface area contributed by atoms with E-state index in [4.69, 9.17) is 4.98 Å². The Hall–Kier alpha value is -2.99. The molecule has 0 bridgehead atoms. The highest BCUT2D eigenvalue weighted by molar-refractivity contribution is 7.13. The van der Waals surface area contributed by atoms with Crippen LogP contribution in [0.5, 0.6) is 0 Å². The Balaban J connectivity index is 1.83. The predicted octanol–water partition coefficient (Wildman–Crippen LogP) is 5.05. The minimum atomic E-state index is -0.149. The lowest BCUT2D eigenvalue weighted by molar-refractivity contribution is 0.102. The molecule has 5 nitrogen and oxygen atoms in total. The second-order valence-corrected chi connectivity index (χ2v) is 7.38. The second kappa shape index (κ2) is 6.96. The molecule has 4 rings (SSSR count). The lowest BCUT2D eigenvalue weighted by atomic mass is 10.1. The smallest absolute Gasteiger partial charge is 0.256 e. The third-order valence-corrected chi connectivity index (χ3v) is 5.67. The molecule has 6 heteroatoms. The number of anilines is 1. The molecule has 0 fully saturated rings. The van der Waals surface area contributed by atoms with E-state index in [1.54, 1.807) is 17.5 Å². The van der Waals surface area contributed by atoms with Crippen LogP contribution in [0, 0.1) is 13.8 Å². The molecule has 0 spiro atoms. The number of amides is 1. The number of rotatable bonds is 4. The van der Waals surface area contributed by atoms with E-state index < -0.39 is 0 Å². The van der Waals surface area contributed by atoms with Crippen molar-refractivity contribution in [2.24, 2.45) is 0 Å². The summed E-state index contributed by atoms with van der Waals surface area (Å²) in [4.78, 5) is 18.9. The Bertz CT molecular complexity index is 1130. The van der Waals surface area contributed by atoms with Crippen LogP contribution in [0.3, 0.4) is 0 Å². The van der Waals surface area contributed by atoms with Gasteiger partial charge >= 0.3 is 0 Å². The molecule has 1 aromatic carbocycles. The van der Waals surface area contributed by atoms with E-state index >= 15 is 0 Å². The number of hydrogen-bond donors (Lipinski definition) is 1. The minimum Gasteiger partial charge on any atom is -0.322 e. The maximum absolute atomic E-state index is 13.1. The summed E-state index contributed by atoms with van der Waals surface area (Å²) in [7, 11) is 0. The number of aromatic nitrogens is 3. The van der Waals surface area contributed by atoms with Gasteiger partial charge in [-0.25, -0.2) is 9.67 Å². The number of carbonyl (C=O) groups excluding carboxylic acids is 1. The van der Waals surface area contributed by atoms with Gasteiger partial charge in [-0.05, 0) is 55.5 Å². The van der Waals surface area contributed by atoms with Gasteiger partial charge in [0.25, 0.3) is 5.91 Å². The molecule has 27 heavy (non-hydrogen) atoms. The summed E-state index contributed by atoms with van der Waals surface area (Å²) in [5.41, 5.74) is 5.15. The molecule has 0 atom stereocenters. The number of carbonyl (C=O) groups is 1. The average molecular weight is 376 g/mol.